The lowest BCUT2D eigenvalue weighted by Gasteiger charge is -2.28. The Morgan fingerprint density at radius 3 is 2.50 bits per heavy atom. The van der Waals surface area contributed by atoms with Crippen molar-refractivity contribution >= 4 is 10.8 Å². The fraction of sp³-hybridized carbons (Fsp3) is 1.00. The molecule has 2 rings (SSSR count). The van der Waals surface area contributed by atoms with Gasteiger partial charge in [0.15, 0.2) is 0 Å². The fourth-order valence-corrected chi connectivity index (χ4v) is 3.99. The Morgan fingerprint density at radius 2 is 1.88 bits per heavy atom. The zero-order chi connectivity index (χ0) is 11.4. The first kappa shape index (κ1) is 12.5. The van der Waals surface area contributed by atoms with Gasteiger partial charge in [-0.3, -0.25) is 9.11 Å². The third kappa shape index (κ3) is 3.82. The molecular weight excluding hydrogens is 222 g/mol. The van der Waals surface area contributed by atoms with E-state index in [1.54, 1.807) is 0 Å². The van der Waals surface area contributed by atoms with Gasteiger partial charge in [0.25, 0.3) is 0 Å². The molecule has 0 aromatic carbocycles. The maximum absolute atomic E-state index is 11.2. The summed E-state index contributed by atoms with van der Waals surface area (Å²) in [6.45, 7) is 2.58. The Hall–Kier alpha value is 0.0700. The smallest absolute Gasteiger partial charge is 0.0669 e. The van der Waals surface area contributed by atoms with Gasteiger partial charge in [-0.05, 0) is 12.3 Å². The highest BCUT2D eigenvalue weighted by Gasteiger charge is 2.22. The Bertz CT molecular complexity index is 231. The topological polar surface area (TPSA) is 40.5 Å². The molecule has 2 aliphatic rings. The summed E-state index contributed by atoms with van der Waals surface area (Å²) in [5.74, 6) is 2.33. The Labute approximate surface area is 101 Å². The normalized spacial score (nSPS) is 27.3. The highest BCUT2D eigenvalue weighted by molar-refractivity contribution is 7.85. The molecule has 0 aromatic rings. The van der Waals surface area contributed by atoms with E-state index < -0.39 is 10.8 Å². The number of hydrogen-bond acceptors (Lipinski definition) is 3. The van der Waals surface area contributed by atoms with Crippen LogP contribution in [0.2, 0.25) is 0 Å². The molecule has 0 amide bonds. The van der Waals surface area contributed by atoms with Crippen molar-refractivity contribution < 1.29 is 9.32 Å². The first-order valence-electron chi connectivity index (χ1n) is 6.49. The van der Waals surface area contributed by atoms with Crippen molar-refractivity contribution in [2.45, 2.75) is 38.2 Å². The Morgan fingerprint density at radius 1 is 1.25 bits per heavy atom. The molecule has 4 heteroatoms. The second kappa shape index (κ2) is 6.12. The van der Waals surface area contributed by atoms with Gasteiger partial charge < -0.3 is 5.11 Å². The summed E-state index contributed by atoms with van der Waals surface area (Å²) in [5.41, 5.74) is 0. The molecule has 1 atom stereocenters. The molecule has 0 aromatic heterocycles. The molecule has 16 heavy (non-hydrogen) atoms. The molecule has 94 valence electrons. The molecule has 0 spiro atoms. The van der Waals surface area contributed by atoms with Crippen LogP contribution in [-0.4, -0.2) is 51.5 Å². The van der Waals surface area contributed by atoms with Gasteiger partial charge >= 0.3 is 0 Å². The second-order valence-electron chi connectivity index (χ2n) is 5.19. The van der Waals surface area contributed by atoms with Crippen LogP contribution in [-0.2, 0) is 10.8 Å². The minimum atomic E-state index is -0.603. The van der Waals surface area contributed by atoms with Crippen molar-refractivity contribution in [2.75, 3.05) is 31.1 Å². The van der Waals surface area contributed by atoms with Gasteiger partial charge in [-0.25, -0.2) is 0 Å². The lowest BCUT2D eigenvalue weighted by Crippen LogP contribution is -2.42. The summed E-state index contributed by atoms with van der Waals surface area (Å²) in [5, 5.41) is 10.0. The average molecular weight is 245 g/mol. The van der Waals surface area contributed by atoms with Crippen LogP contribution in [0.4, 0.5) is 0 Å². The third-order valence-electron chi connectivity index (χ3n) is 3.82. The molecular formula is C12H23NO2S. The zero-order valence-electron chi connectivity index (χ0n) is 9.94. The summed E-state index contributed by atoms with van der Waals surface area (Å²) >= 11 is 0. The second-order valence-corrected chi connectivity index (χ2v) is 6.88. The number of β-amino-alcohol motifs (C(OH)–C–C–N with tert-alkyl or cyclic N) is 1. The van der Waals surface area contributed by atoms with E-state index in [9.17, 15) is 9.32 Å². The first-order chi connectivity index (χ1) is 7.74. The molecule has 0 bridgehead atoms. The van der Waals surface area contributed by atoms with Gasteiger partial charge in [-0.1, -0.05) is 25.7 Å². The lowest BCUT2D eigenvalue weighted by molar-refractivity contribution is 0.0952. The molecule has 1 heterocycles. The van der Waals surface area contributed by atoms with E-state index in [0.717, 1.165) is 43.5 Å². The number of hydrogen-bond donors (Lipinski definition) is 1. The molecule has 0 radical (unpaired) electrons. The van der Waals surface area contributed by atoms with E-state index in [-0.39, 0.29) is 6.10 Å². The van der Waals surface area contributed by atoms with Crippen LogP contribution in [0, 0.1) is 5.92 Å². The van der Waals surface area contributed by atoms with Crippen LogP contribution in [0.3, 0.4) is 0 Å². The summed E-state index contributed by atoms with van der Waals surface area (Å²) in [6.07, 6.45) is 6.11. The minimum Gasteiger partial charge on any atom is -0.392 e. The predicted molar refractivity (Wildman–Crippen MR) is 66.9 cm³/mol. The molecule has 1 N–H and O–H groups in total. The highest BCUT2D eigenvalue weighted by Crippen LogP contribution is 2.28. The average Bonchev–Trinajstić information content (AvgIpc) is 2.74. The van der Waals surface area contributed by atoms with Crippen molar-refractivity contribution in [3.63, 3.8) is 0 Å². The maximum Gasteiger partial charge on any atom is 0.0669 e. The van der Waals surface area contributed by atoms with Crippen molar-refractivity contribution in [3.05, 3.63) is 0 Å². The van der Waals surface area contributed by atoms with Crippen molar-refractivity contribution in [1.82, 2.24) is 4.90 Å². The lowest BCUT2D eigenvalue weighted by atomic mass is 10.00. The third-order valence-corrected chi connectivity index (χ3v) is 5.10. The largest absolute Gasteiger partial charge is 0.392 e. The molecule has 1 aliphatic carbocycles. The van der Waals surface area contributed by atoms with Crippen molar-refractivity contribution in [2.24, 2.45) is 5.92 Å². The van der Waals surface area contributed by atoms with E-state index in [0.29, 0.717) is 0 Å². The van der Waals surface area contributed by atoms with E-state index in [1.807, 2.05) is 0 Å². The van der Waals surface area contributed by atoms with Gasteiger partial charge in [-0.2, -0.15) is 0 Å². The van der Waals surface area contributed by atoms with Crippen LogP contribution in [0.1, 0.15) is 32.1 Å². The number of aliphatic hydroxyl groups excluding tert-OH is 1. The van der Waals surface area contributed by atoms with Crippen LogP contribution >= 0.6 is 0 Å². The van der Waals surface area contributed by atoms with E-state index in [4.69, 9.17) is 0 Å². The summed E-state index contributed by atoms with van der Waals surface area (Å²) < 4.78 is 11.2. The van der Waals surface area contributed by atoms with Crippen LogP contribution < -0.4 is 0 Å². The molecule has 1 saturated heterocycles. The molecule has 2 fully saturated rings. The summed E-state index contributed by atoms with van der Waals surface area (Å²) in [4.78, 5) is 2.26. The highest BCUT2D eigenvalue weighted by atomic mass is 32.2. The quantitative estimate of drug-likeness (QED) is 0.803. The van der Waals surface area contributed by atoms with Gasteiger partial charge in [-0.15, -0.1) is 0 Å². The Balaban J connectivity index is 1.66. The monoisotopic (exact) mass is 245 g/mol. The van der Waals surface area contributed by atoms with Crippen LogP contribution in [0.25, 0.3) is 0 Å². The van der Waals surface area contributed by atoms with Crippen LogP contribution in [0.5, 0.6) is 0 Å². The van der Waals surface area contributed by atoms with Gasteiger partial charge in [0.1, 0.15) is 0 Å². The zero-order valence-corrected chi connectivity index (χ0v) is 10.8. The van der Waals surface area contributed by atoms with Gasteiger partial charge in [0.05, 0.1) is 6.10 Å². The molecule has 1 aliphatic heterocycles. The molecule has 3 nitrogen and oxygen atoms in total. The van der Waals surface area contributed by atoms with Gasteiger partial charge in [0.2, 0.25) is 0 Å². The van der Waals surface area contributed by atoms with Crippen molar-refractivity contribution in [1.29, 1.82) is 0 Å². The summed E-state index contributed by atoms with van der Waals surface area (Å²) in [6, 6.07) is 0. The van der Waals surface area contributed by atoms with E-state index >= 15 is 0 Å². The maximum atomic E-state index is 11.2. The molecule has 1 saturated carbocycles. The van der Waals surface area contributed by atoms with Gasteiger partial charge in [0, 0.05) is 41.9 Å². The van der Waals surface area contributed by atoms with Crippen molar-refractivity contribution in [3.8, 4) is 0 Å². The predicted octanol–water partition coefficient (Wildman–Crippen LogP) is 0.992. The number of rotatable bonds is 4. The standard InChI is InChI=1S/C12H23NO2S/c14-12(9-11-3-1-2-4-11)10-13-5-7-16(15)8-6-13/h11-12,14H,1-10H2. The fourth-order valence-electron chi connectivity index (χ4n) is 2.86. The minimum absolute atomic E-state index is 0.172. The molecule has 1 unspecified atom stereocenters. The Kier molecular flexibility index (Phi) is 4.79. The SMILES string of the molecule is O=S1CCN(CC(O)CC2CCCC2)CC1. The van der Waals surface area contributed by atoms with Crippen LogP contribution in [0.15, 0.2) is 0 Å². The number of aliphatic hydroxyl groups is 1. The summed E-state index contributed by atoms with van der Waals surface area (Å²) in [7, 11) is -0.603. The van der Waals surface area contributed by atoms with E-state index in [1.165, 1.54) is 25.7 Å². The number of nitrogens with zero attached hydrogens (tertiary/aromatic N) is 1. The van der Waals surface area contributed by atoms with E-state index in [2.05, 4.69) is 4.90 Å². The first-order valence-corrected chi connectivity index (χ1v) is 7.98.